The highest BCUT2D eigenvalue weighted by Gasteiger charge is 2.38. The van der Waals surface area contributed by atoms with Crippen molar-refractivity contribution >= 4 is 82.2 Å². The molecule has 4 fully saturated rings. The molecule has 16 nitrogen and oxygen atoms in total. The summed E-state index contributed by atoms with van der Waals surface area (Å²) < 4.78 is 18.7. The van der Waals surface area contributed by atoms with Gasteiger partial charge in [0.15, 0.2) is 5.82 Å². The Bertz CT molecular complexity index is 2380. The fourth-order valence-corrected chi connectivity index (χ4v) is 9.88. The summed E-state index contributed by atoms with van der Waals surface area (Å²) in [5.74, 6) is 0.348. The molecule has 4 aromatic rings. The number of hydrogen-bond donors (Lipinski definition) is 4. The van der Waals surface area contributed by atoms with Crippen LogP contribution in [-0.2, 0) is 18.9 Å². The third-order valence-electron chi connectivity index (χ3n) is 12.2. The Kier molecular flexibility index (Phi) is 12.7. The van der Waals surface area contributed by atoms with Gasteiger partial charge >= 0.3 is 0 Å². The molecule has 326 valence electrons. The van der Waals surface area contributed by atoms with Crippen molar-refractivity contribution in [3.8, 4) is 5.75 Å². The first kappa shape index (κ1) is 43.0. The van der Waals surface area contributed by atoms with Gasteiger partial charge in [-0.15, -0.1) is 0 Å². The second kappa shape index (κ2) is 18.3. The molecular weight excluding hydrogens is 831 g/mol. The maximum atomic E-state index is 13.5. The second-order valence-corrected chi connectivity index (χ2v) is 20.2. The average molecular weight is 883 g/mol. The normalized spacial score (nSPS) is 19.1. The Hall–Kier alpha value is -5.70. The Morgan fingerprint density at radius 3 is 2.26 bits per heavy atom. The van der Waals surface area contributed by atoms with Crippen molar-refractivity contribution in [2.75, 3.05) is 93.2 Å². The van der Waals surface area contributed by atoms with Crippen LogP contribution in [0.1, 0.15) is 36.0 Å². The molecule has 4 amide bonds. The van der Waals surface area contributed by atoms with E-state index in [1.165, 1.54) is 6.20 Å². The van der Waals surface area contributed by atoms with E-state index in [2.05, 4.69) is 52.0 Å². The molecule has 1 unspecified atom stereocenters. The van der Waals surface area contributed by atoms with Crippen LogP contribution in [0.2, 0.25) is 5.02 Å². The summed E-state index contributed by atoms with van der Waals surface area (Å²) in [7, 11) is -0.918. The quantitative estimate of drug-likeness (QED) is 0.114. The lowest BCUT2D eigenvalue weighted by Crippen LogP contribution is -2.59. The van der Waals surface area contributed by atoms with Gasteiger partial charge < -0.3 is 40.0 Å². The summed E-state index contributed by atoms with van der Waals surface area (Å²) in [6.45, 7) is 9.69. The first-order valence-electron chi connectivity index (χ1n) is 21.0. The van der Waals surface area contributed by atoms with E-state index in [0.717, 1.165) is 63.5 Å². The molecule has 3 aromatic carbocycles. The number of para-hydroxylation sites is 1. The van der Waals surface area contributed by atoms with E-state index in [-0.39, 0.29) is 36.5 Å². The number of piperidine rings is 2. The predicted octanol–water partition coefficient (Wildman–Crippen LogP) is 4.66. The molecule has 0 aliphatic carbocycles. The summed E-state index contributed by atoms with van der Waals surface area (Å²) in [5, 5.41) is 12.5. The maximum Gasteiger partial charge on any atom is 0.251 e. The molecule has 62 heavy (non-hydrogen) atoms. The van der Waals surface area contributed by atoms with Gasteiger partial charge in [0.25, 0.3) is 5.91 Å². The van der Waals surface area contributed by atoms with Crippen molar-refractivity contribution in [1.82, 2.24) is 30.4 Å². The minimum Gasteiger partial charge on any atom is -0.494 e. The molecule has 18 heteroatoms. The van der Waals surface area contributed by atoms with E-state index in [1.54, 1.807) is 32.6 Å². The second-order valence-electron chi connectivity index (χ2n) is 16.6. The number of carbonyl (C=O) groups excluding carboxylic acids is 4. The third kappa shape index (κ3) is 9.67. The molecule has 5 heterocycles. The number of aromatic nitrogens is 2. The van der Waals surface area contributed by atoms with E-state index >= 15 is 0 Å². The number of amides is 4. The Morgan fingerprint density at radius 2 is 1.56 bits per heavy atom. The number of methoxy groups -OCH3 is 1. The lowest BCUT2D eigenvalue weighted by Gasteiger charge is -2.46. The average Bonchev–Trinajstić information content (AvgIpc) is 3.25. The number of nitrogens with zero attached hydrogens (tertiary/aromatic N) is 6. The van der Waals surface area contributed by atoms with Crippen molar-refractivity contribution in [1.29, 1.82) is 0 Å². The summed E-state index contributed by atoms with van der Waals surface area (Å²) >= 11 is 6.48. The first-order valence-corrected chi connectivity index (χ1v) is 24.0. The minimum atomic E-state index is -2.56. The highest BCUT2D eigenvalue weighted by Crippen LogP contribution is 2.39. The van der Waals surface area contributed by atoms with Gasteiger partial charge in [-0.1, -0.05) is 23.7 Å². The Morgan fingerprint density at radius 1 is 0.855 bits per heavy atom. The van der Waals surface area contributed by atoms with Crippen LogP contribution in [0.5, 0.6) is 5.75 Å². The van der Waals surface area contributed by atoms with Gasteiger partial charge in [-0.25, -0.2) is 4.98 Å². The van der Waals surface area contributed by atoms with E-state index in [9.17, 15) is 23.7 Å². The highest BCUT2D eigenvalue weighted by atomic mass is 35.5. The smallest absolute Gasteiger partial charge is 0.251 e. The topological polar surface area (TPSA) is 181 Å². The number of benzene rings is 3. The zero-order valence-electron chi connectivity index (χ0n) is 35.1. The van der Waals surface area contributed by atoms with E-state index in [4.69, 9.17) is 16.3 Å². The van der Waals surface area contributed by atoms with Crippen molar-refractivity contribution in [2.24, 2.45) is 5.92 Å². The van der Waals surface area contributed by atoms with Crippen LogP contribution >= 0.6 is 18.7 Å². The van der Waals surface area contributed by atoms with Crippen molar-refractivity contribution in [3.63, 3.8) is 0 Å². The molecule has 4 N–H and O–H groups in total. The number of halogens is 1. The summed E-state index contributed by atoms with van der Waals surface area (Å²) in [4.78, 5) is 67.7. The monoisotopic (exact) mass is 882 g/mol. The van der Waals surface area contributed by atoms with Crippen LogP contribution in [0.25, 0.3) is 0 Å². The minimum absolute atomic E-state index is 0.0561. The number of anilines is 6. The Balaban J connectivity index is 0.781. The lowest BCUT2D eigenvalue weighted by atomic mass is 9.96. The summed E-state index contributed by atoms with van der Waals surface area (Å²) in [6.07, 6.45) is 4.05. The van der Waals surface area contributed by atoms with E-state index in [1.807, 2.05) is 53.4 Å². The van der Waals surface area contributed by atoms with Gasteiger partial charge in [-0.2, -0.15) is 4.98 Å². The molecule has 0 saturated carbocycles. The van der Waals surface area contributed by atoms with Gasteiger partial charge in [0, 0.05) is 93.1 Å². The number of imide groups is 1. The standard InChI is InChI=1S/C44H52ClN10O6P/c1-61-37-24-32(12-13-34(37)49-44-46-25-33(45)40(51-44)47-35-6-4-5-7-38(35)62(2,3)60)52-18-16-31(17-19-52)53-20-22-54(23-21-53)43(59)29-26-55(27-29)30-10-8-28(9-11-30)41(57)48-36-14-15-39(56)50-42(36)58/h4-13,24-25,29,31,36H,14-23,26-27H2,1-3H3,(H,48,57)(H,50,56,58)(H2,46,47,49,51). The maximum absolute atomic E-state index is 13.5. The van der Waals surface area contributed by atoms with Crippen LogP contribution in [0.15, 0.2) is 72.9 Å². The third-order valence-corrected chi connectivity index (χ3v) is 14.0. The largest absolute Gasteiger partial charge is 0.494 e. The van der Waals surface area contributed by atoms with Gasteiger partial charge in [0.2, 0.25) is 23.7 Å². The van der Waals surface area contributed by atoms with Gasteiger partial charge in [0.05, 0.1) is 30.6 Å². The summed E-state index contributed by atoms with van der Waals surface area (Å²) in [5.41, 5.74) is 3.82. The van der Waals surface area contributed by atoms with Crippen molar-refractivity contribution in [2.45, 2.75) is 37.8 Å². The van der Waals surface area contributed by atoms with E-state index < -0.39 is 19.1 Å². The molecule has 4 aliphatic heterocycles. The van der Waals surface area contributed by atoms with Crippen LogP contribution in [0, 0.1) is 5.92 Å². The number of hydrogen-bond acceptors (Lipinski definition) is 13. The van der Waals surface area contributed by atoms with Crippen molar-refractivity contribution in [3.05, 3.63) is 83.5 Å². The molecule has 1 aromatic heterocycles. The fraction of sp³-hybridized carbons (Fsp3) is 0.409. The summed E-state index contributed by atoms with van der Waals surface area (Å²) in [6, 6.07) is 20.4. The number of nitrogens with one attached hydrogen (secondary N) is 4. The van der Waals surface area contributed by atoms with Crippen LogP contribution in [0.3, 0.4) is 0 Å². The number of ether oxygens (including phenoxy) is 1. The number of carbonyl (C=O) groups is 4. The zero-order valence-corrected chi connectivity index (χ0v) is 36.8. The molecule has 0 radical (unpaired) electrons. The highest BCUT2D eigenvalue weighted by molar-refractivity contribution is 7.70. The van der Waals surface area contributed by atoms with Gasteiger partial charge in [-0.3, -0.25) is 29.4 Å². The number of rotatable bonds is 12. The van der Waals surface area contributed by atoms with Gasteiger partial charge in [-0.05, 0) is 81.1 Å². The number of piperazine rings is 1. The molecule has 1 atom stereocenters. The molecule has 4 saturated heterocycles. The first-order chi connectivity index (χ1) is 29.8. The Labute approximate surface area is 366 Å². The van der Waals surface area contributed by atoms with Crippen LogP contribution in [-0.4, -0.2) is 128 Å². The zero-order chi connectivity index (χ0) is 43.5. The predicted molar refractivity (Wildman–Crippen MR) is 241 cm³/mol. The van der Waals surface area contributed by atoms with E-state index in [0.29, 0.717) is 63.9 Å². The molecule has 4 aliphatic rings. The van der Waals surface area contributed by atoms with Crippen molar-refractivity contribution < 1.29 is 28.5 Å². The molecule has 8 rings (SSSR count). The molecule has 0 bridgehead atoms. The molecular formula is C44H52ClN10O6P. The fourth-order valence-electron chi connectivity index (χ4n) is 8.59. The molecule has 0 spiro atoms. The van der Waals surface area contributed by atoms with Crippen LogP contribution < -0.4 is 41.1 Å². The van der Waals surface area contributed by atoms with Gasteiger partial charge in [0.1, 0.15) is 24.0 Å². The van der Waals surface area contributed by atoms with Crippen LogP contribution in [0.4, 0.5) is 34.5 Å². The lowest BCUT2D eigenvalue weighted by molar-refractivity contribution is -0.138. The SMILES string of the molecule is COc1cc(N2CCC(N3CCN(C(=O)C4CN(c5ccc(C(=O)NC6CCC(=O)NC6=O)cc5)C4)CC3)CC2)ccc1Nc1ncc(Cl)c(Nc2ccccc2P(C)(C)=O)n1.